The molecule has 18 heavy (non-hydrogen) atoms. The predicted octanol–water partition coefficient (Wildman–Crippen LogP) is 3.39. The molecular formula is C12H6ClFN2O2. The first-order valence-corrected chi connectivity index (χ1v) is 5.43. The van der Waals surface area contributed by atoms with Gasteiger partial charge in [0, 0.05) is 11.6 Å². The van der Waals surface area contributed by atoms with Crippen LogP contribution in [-0.2, 0) is 0 Å². The lowest BCUT2D eigenvalue weighted by Gasteiger charge is -2.04. The van der Waals surface area contributed by atoms with E-state index in [9.17, 15) is 9.50 Å². The summed E-state index contributed by atoms with van der Waals surface area (Å²) in [5, 5.41) is 18.2. The predicted molar refractivity (Wildman–Crippen MR) is 63.9 cm³/mol. The van der Waals surface area contributed by atoms with E-state index in [1.165, 1.54) is 18.4 Å². The highest BCUT2D eigenvalue weighted by atomic mass is 35.5. The molecule has 0 radical (unpaired) electrons. The summed E-state index contributed by atoms with van der Waals surface area (Å²) >= 11 is 5.87. The molecule has 2 heterocycles. The number of hydrogen-bond donors (Lipinski definition) is 1. The molecule has 3 rings (SSSR count). The molecule has 4 nitrogen and oxygen atoms in total. The maximum Gasteiger partial charge on any atom is 0.165 e. The van der Waals surface area contributed by atoms with Gasteiger partial charge in [-0.2, -0.15) is 0 Å². The van der Waals surface area contributed by atoms with Gasteiger partial charge in [-0.25, -0.2) is 4.39 Å². The fourth-order valence-electron chi connectivity index (χ4n) is 1.73. The number of benzene rings is 1. The molecule has 90 valence electrons. The lowest BCUT2D eigenvalue weighted by molar-refractivity contribution is 0.470. The molecule has 0 aliphatic heterocycles. The van der Waals surface area contributed by atoms with Crippen LogP contribution in [0.4, 0.5) is 4.39 Å². The van der Waals surface area contributed by atoms with E-state index < -0.39 is 5.82 Å². The van der Waals surface area contributed by atoms with Gasteiger partial charge in [-0.1, -0.05) is 11.6 Å². The normalized spacial score (nSPS) is 11.0. The molecule has 1 aromatic carbocycles. The Morgan fingerprint density at radius 3 is 2.83 bits per heavy atom. The number of rotatable bonds is 1. The maximum atomic E-state index is 12.9. The largest absolute Gasteiger partial charge is 0.507 e. The molecule has 0 bridgehead atoms. The Bertz CT molecular complexity index is 742. The molecule has 0 amide bonds. The fourth-order valence-corrected chi connectivity index (χ4v) is 1.92. The molecule has 0 unspecified atom stereocenters. The van der Waals surface area contributed by atoms with Crippen LogP contribution in [0.15, 0.2) is 34.9 Å². The summed E-state index contributed by atoms with van der Waals surface area (Å²) in [6.45, 7) is 0. The first-order valence-electron chi connectivity index (χ1n) is 5.05. The summed E-state index contributed by atoms with van der Waals surface area (Å²) in [5.41, 5.74) is 1.05. The Morgan fingerprint density at radius 1 is 1.22 bits per heavy atom. The van der Waals surface area contributed by atoms with Crippen LogP contribution in [0, 0.1) is 5.82 Å². The zero-order chi connectivity index (χ0) is 12.7. The van der Waals surface area contributed by atoms with Crippen molar-refractivity contribution in [3.8, 4) is 17.0 Å². The average molecular weight is 265 g/mol. The maximum absolute atomic E-state index is 12.9. The average Bonchev–Trinajstić information content (AvgIpc) is 2.81. The summed E-state index contributed by atoms with van der Waals surface area (Å²) in [6.07, 6.45) is 1.45. The Morgan fingerprint density at radius 2 is 2.06 bits per heavy atom. The van der Waals surface area contributed by atoms with Gasteiger partial charge in [-0.3, -0.25) is 0 Å². The van der Waals surface area contributed by atoms with Crippen LogP contribution >= 0.6 is 11.6 Å². The molecule has 0 fully saturated rings. The minimum absolute atomic E-state index is 0.212. The van der Waals surface area contributed by atoms with Crippen LogP contribution in [-0.4, -0.2) is 15.3 Å². The molecule has 0 aliphatic rings. The van der Waals surface area contributed by atoms with Gasteiger partial charge < -0.3 is 9.52 Å². The first-order chi connectivity index (χ1) is 8.66. The smallest absolute Gasteiger partial charge is 0.165 e. The highest BCUT2D eigenvalue weighted by molar-refractivity contribution is 6.34. The highest BCUT2D eigenvalue weighted by Crippen LogP contribution is 2.34. The Kier molecular flexibility index (Phi) is 2.41. The lowest BCUT2D eigenvalue weighted by Crippen LogP contribution is -1.90. The van der Waals surface area contributed by atoms with Crippen LogP contribution in [0.25, 0.3) is 22.2 Å². The number of aromatic nitrogens is 2. The minimum atomic E-state index is -0.533. The SMILES string of the molecule is Oc1cc(F)ccc1-c1nnc(Cl)c2ccoc12. The van der Waals surface area contributed by atoms with Gasteiger partial charge in [0.05, 0.1) is 11.6 Å². The van der Waals surface area contributed by atoms with Gasteiger partial charge >= 0.3 is 0 Å². The number of hydrogen-bond acceptors (Lipinski definition) is 4. The third-order valence-electron chi connectivity index (χ3n) is 2.56. The monoisotopic (exact) mass is 264 g/mol. The molecular weight excluding hydrogens is 259 g/mol. The molecule has 0 saturated carbocycles. The Balaban J connectivity index is 2.32. The molecule has 0 atom stereocenters. The molecule has 6 heteroatoms. The molecule has 0 aliphatic carbocycles. The zero-order valence-corrected chi connectivity index (χ0v) is 9.65. The lowest BCUT2D eigenvalue weighted by atomic mass is 10.1. The van der Waals surface area contributed by atoms with Crippen molar-refractivity contribution in [2.45, 2.75) is 0 Å². The van der Waals surface area contributed by atoms with E-state index in [1.54, 1.807) is 6.07 Å². The van der Waals surface area contributed by atoms with Crippen molar-refractivity contribution in [1.82, 2.24) is 10.2 Å². The standard InChI is InChI=1S/C12H6ClFN2O2/c13-12-8-3-4-18-11(8)10(15-16-12)7-2-1-6(14)5-9(7)17/h1-5,17H. The molecule has 2 aromatic heterocycles. The summed E-state index contributed by atoms with van der Waals surface area (Å²) in [4.78, 5) is 0. The summed E-state index contributed by atoms with van der Waals surface area (Å²) in [7, 11) is 0. The summed E-state index contributed by atoms with van der Waals surface area (Å²) in [5.74, 6) is -0.766. The second kappa shape index (κ2) is 3.96. The zero-order valence-electron chi connectivity index (χ0n) is 8.89. The summed E-state index contributed by atoms with van der Waals surface area (Å²) in [6, 6.07) is 5.28. The van der Waals surface area contributed by atoms with Gasteiger partial charge in [0.1, 0.15) is 17.3 Å². The number of fused-ring (bicyclic) bond motifs is 1. The highest BCUT2D eigenvalue weighted by Gasteiger charge is 2.16. The van der Waals surface area contributed by atoms with Crippen LogP contribution in [0.2, 0.25) is 5.15 Å². The van der Waals surface area contributed by atoms with Crippen molar-refractivity contribution in [3.63, 3.8) is 0 Å². The number of phenolic OH excluding ortho intramolecular Hbond substituents is 1. The van der Waals surface area contributed by atoms with E-state index in [2.05, 4.69) is 10.2 Å². The summed E-state index contributed by atoms with van der Waals surface area (Å²) < 4.78 is 18.2. The van der Waals surface area contributed by atoms with Gasteiger partial charge in [0.25, 0.3) is 0 Å². The van der Waals surface area contributed by atoms with E-state index in [1.807, 2.05) is 0 Å². The van der Waals surface area contributed by atoms with Crippen molar-refractivity contribution in [2.24, 2.45) is 0 Å². The molecule has 1 N–H and O–H groups in total. The van der Waals surface area contributed by atoms with Gasteiger partial charge in [0.15, 0.2) is 10.7 Å². The quantitative estimate of drug-likeness (QED) is 0.732. The van der Waals surface area contributed by atoms with Crippen molar-refractivity contribution < 1.29 is 13.9 Å². The van der Waals surface area contributed by atoms with Crippen molar-refractivity contribution in [1.29, 1.82) is 0 Å². The second-order valence-corrected chi connectivity index (χ2v) is 4.02. The van der Waals surface area contributed by atoms with Crippen LogP contribution in [0.3, 0.4) is 0 Å². The number of nitrogens with zero attached hydrogens (tertiary/aromatic N) is 2. The Hall–Kier alpha value is -2.14. The van der Waals surface area contributed by atoms with E-state index in [4.69, 9.17) is 16.0 Å². The van der Waals surface area contributed by atoms with Crippen molar-refractivity contribution >= 4 is 22.6 Å². The number of furan rings is 1. The van der Waals surface area contributed by atoms with E-state index in [0.29, 0.717) is 22.2 Å². The van der Waals surface area contributed by atoms with Gasteiger partial charge in [-0.15, -0.1) is 10.2 Å². The number of aromatic hydroxyl groups is 1. The van der Waals surface area contributed by atoms with Crippen LogP contribution in [0.5, 0.6) is 5.75 Å². The molecule has 0 spiro atoms. The van der Waals surface area contributed by atoms with E-state index in [-0.39, 0.29) is 10.9 Å². The Labute approximate surface area is 106 Å². The van der Waals surface area contributed by atoms with Crippen LogP contribution in [0.1, 0.15) is 0 Å². The van der Waals surface area contributed by atoms with E-state index >= 15 is 0 Å². The second-order valence-electron chi connectivity index (χ2n) is 3.66. The number of phenols is 1. The third-order valence-corrected chi connectivity index (χ3v) is 2.83. The topological polar surface area (TPSA) is 59.2 Å². The van der Waals surface area contributed by atoms with Crippen molar-refractivity contribution in [3.05, 3.63) is 41.5 Å². The number of halogens is 2. The minimum Gasteiger partial charge on any atom is -0.507 e. The fraction of sp³-hybridized carbons (Fsp3) is 0. The van der Waals surface area contributed by atoms with Gasteiger partial charge in [0.2, 0.25) is 0 Å². The first kappa shape index (κ1) is 11.0. The van der Waals surface area contributed by atoms with Gasteiger partial charge in [-0.05, 0) is 18.2 Å². The van der Waals surface area contributed by atoms with Crippen molar-refractivity contribution in [2.75, 3.05) is 0 Å². The molecule has 0 saturated heterocycles. The third kappa shape index (κ3) is 1.60. The van der Waals surface area contributed by atoms with Crippen LogP contribution < -0.4 is 0 Å². The van der Waals surface area contributed by atoms with E-state index in [0.717, 1.165) is 6.07 Å². The molecule has 3 aromatic rings.